The summed E-state index contributed by atoms with van der Waals surface area (Å²) in [5, 5.41) is 10.5. The van der Waals surface area contributed by atoms with Gasteiger partial charge in [-0.2, -0.15) is 10.2 Å². The van der Waals surface area contributed by atoms with Gasteiger partial charge >= 0.3 is 0 Å². The average molecular weight is 258 g/mol. The molecule has 0 unspecified atom stereocenters. The first kappa shape index (κ1) is 14.0. The monoisotopic (exact) mass is 258 g/mol. The molecule has 1 aromatic rings. The predicted octanol–water partition coefficient (Wildman–Crippen LogP) is -0.104. The second-order valence-electron chi connectivity index (χ2n) is 3.60. The highest BCUT2D eigenvalue weighted by molar-refractivity contribution is 7.89. The van der Waals surface area contributed by atoms with Crippen LogP contribution in [0.4, 0.5) is 0 Å². The van der Waals surface area contributed by atoms with Crippen LogP contribution in [0.5, 0.6) is 0 Å². The maximum Gasteiger partial charge on any atom is 0.213 e. The standard InChI is InChI=1S/C10H18N4O2S/c1-2-5-11-7-8-17(15,16)13-9-10-4-3-6-12-14-10/h3-4,6,11,13H,2,5,7-9H2,1H3. The van der Waals surface area contributed by atoms with Gasteiger partial charge in [-0.15, -0.1) is 0 Å². The number of nitrogens with zero attached hydrogens (tertiary/aromatic N) is 2. The van der Waals surface area contributed by atoms with Crippen molar-refractivity contribution in [3.05, 3.63) is 24.0 Å². The van der Waals surface area contributed by atoms with Crippen LogP contribution in [-0.4, -0.2) is 37.5 Å². The zero-order valence-electron chi connectivity index (χ0n) is 9.89. The molecular weight excluding hydrogens is 240 g/mol. The zero-order chi connectivity index (χ0) is 12.6. The van der Waals surface area contributed by atoms with Crippen LogP contribution in [0.2, 0.25) is 0 Å². The zero-order valence-corrected chi connectivity index (χ0v) is 10.7. The molecule has 0 aromatic carbocycles. The van der Waals surface area contributed by atoms with Crippen LogP contribution in [0.25, 0.3) is 0 Å². The summed E-state index contributed by atoms with van der Waals surface area (Å²) >= 11 is 0. The van der Waals surface area contributed by atoms with Crippen molar-refractivity contribution in [3.8, 4) is 0 Å². The Hall–Kier alpha value is -1.05. The summed E-state index contributed by atoms with van der Waals surface area (Å²) in [6, 6.07) is 3.45. The van der Waals surface area contributed by atoms with Gasteiger partial charge in [-0.25, -0.2) is 13.1 Å². The smallest absolute Gasteiger partial charge is 0.213 e. The maximum absolute atomic E-state index is 11.6. The van der Waals surface area contributed by atoms with Gasteiger partial charge in [-0.05, 0) is 25.1 Å². The third kappa shape index (κ3) is 6.30. The van der Waals surface area contributed by atoms with Crippen LogP contribution < -0.4 is 10.0 Å². The van der Waals surface area contributed by atoms with E-state index in [0.717, 1.165) is 13.0 Å². The van der Waals surface area contributed by atoms with Gasteiger partial charge in [0.05, 0.1) is 18.0 Å². The van der Waals surface area contributed by atoms with Crippen LogP contribution in [0.1, 0.15) is 19.0 Å². The van der Waals surface area contributed by atoms with Gasteiger partial charge in [0.2, 0.25) is 10.0 Å². The number of sulfonamides is 1. The van der Waals surface area contributed by atoms with Crippen LogP contribution in [0, 0.1) is 0 Å². The minimum Gasteiger partial charge on any atom is -0.316 e. The molecular formula is C10H18N4O2S. The normalized spacial score (nSPS) is 11.6. The van der Waals surface area contributed by atoms with Crippen molar-refractivity contribution >= 4 is 10.0 Å². The van der Waals surface area contributed by atoms with Crippen molar-refractivity contribution in [2.75, 3.05) is 18.8 Å². The van der Waals surface area contributed by atoms with Gasteiger partial charge in [-0.3, -0.25) is 0 Å². The Morgan fingerprint density at radius 2 is 2.18 bits per heavy atom. The molecule has 0 aliphatic carbocycles. The fourth-order valence-electron chi connectivity index (χ4n) is 1.19. The molecule has 0 aliphatic heterocycles. The van der Waals surface area contributed by atoms with Crippen LogP contribution in [-0.2, 0) is 16.6 Å². The number of hydrogen-bond donors (Lipinski definition) is 2. The number of nitrogens with one attached hydrogen (secondary N) is 2. The number of hydrogen-bond acceptors (Lipinski definition) is 5. The SMILES string of the molecule is CCCNCCS(=O)(=O)NCc1cccnn1. The summed E-state index contributed by atoms with van der Waals surface area (Å²) in [6.07, 6.45) is 2.54. The molecule has 6 nitrogen and oxygen atoms in total. The molecule has 0 saturated heterocycles. The Morgan fingerprint density at radius 1 is 1.35 bits per heavy atom. The molecule has 1 rings (SSSR count). The molecule has 7 heteroatoms. The van der Waals surface area contributed by atoms with Crippen molar-refractivity contribution in [3.63, 3.8) is 0 Å². The molecule has 0 spiro atoms. The van der Waals surface area contributed by atoms with Crippen molar-refractivity contribution in [2.45, 2.75) is 19.9 Å². The van der Waals surface area contributed by atoms with E-state index in [1.54, 1.807) is 18.3 Å². The van der Waals surface area contributed by atoms with Gasteiger partial charge in [-0.1, -0.05) is 6.92 Å². The van der Waals surface area contributed by atoms with Crippen molar-refractivity contribution < 1.29 is 8.42 Å². The lowest BCUT2D eigenvalue weighted by Crippen LogP contribution is -2.32. The van der Waals surface area contributed by atoms with E-state index >= 15 is 0 Å². The van der Waals surface area contributed by atoms with E-state index in [9.17, 15) is 8.42 Å². The summed E-state index contributed by atoms with van der Waals surface area (Å²) in [7, 11) is -3.24. The molecule has 0 aliphatic rings. The van der Waals surface area contributed by atoms with E-state index in [-0.39, 0.29) is 12.3 Å². The summed E-state index contributed by atoms with van der Waals surface area (Å²) < 4.78 is 25.6. The summed E-state index contributed by atoms with van der Waals surface area (Å²) in [6.45, 7) is 3.51. The molecule has 0 bridgehead atoms. The first-order valence-corrected chi connectivity index (χ1v) is 7.24. The summed E-state index contributed by atoms with van der Waals surface area (Å²) in [5.41, 5.74) is 0.609. The second-order valence-corrected chi connectivity index (χ2v) is 5.53. The van der Waals surface area contributed by atoms with E-state index in [0.29, 0.717) is 12.2 Å². The molecule has 1 heterocycles. The molecule has 0 amide bonds. The van der Waals surface area contributed by atoms with Crippen LogP contribution >= 0.6 is 0 Å². The second kappa shape index (κ2) is 7.31. The molecule has 0 atom stereocenters. The highest BCUT2D eigenvalue weighted by Gasteiger charge is 2.09. The van der Waals surface area contributed by atoms with Crippen LogP contribution in [0.15, 0.2) is 18.3 Å². The first-order valence-electron chi connectivity index (χ1n) is 5.58. The van der Waals surface area contributed by atoms with Crippen molar-refractivity contribution in [1.29, 1.82) is 0 Å². The molecule has 2 N–H and O–H groups in total. The fourth-order valence-corrected chi connectivity index (χ4v) is 2.12. The summed E-state index contributed by atoms with van der Waals surface area (Å²) in [4.78, 5) is 0. The van der Waals surface area contributed by atoms with Gasteiger partial charge in [0.15, 0.2) is 0 Å². The average Bonchev–Trinajstić information content (AvgIpc) is 2.34. The lowest BCUT2D eigenvalue weighted by atomic mass is 10.4. The number of rotatable bonds is 8. The molecule has 0 fully saturated rings. The quantitative estimate of drug-likeness (QED) is 0.636. The first-order chi connectivity index (χ1) is 8.14. The van der Waals surface area contributed by atoms with Crippen molar-refractivity contribution in [1.82, 2.24) is 20.2 Å². The van der Waals surface area contributed by atoms with E-state index in [1.807, 2.05) is 6.92 Å². The van der Waals surface area contributed by atoms with Gasteiger partial charge < -0.3 is 5.32 Å². The third-order valence-corrected chi connectivity index (χ3v) is 3.40. The van der Waals surface area contributed by atoms with Gasteiger partial charge in [0.25, 0.3) is 0 Å². The Bertz CT molecular complexity index is 408. The number of aromatic nitrogens is 2. The highest BCUT2D eigenvalue weighted by Crippen LogP contribution is 1.92. The van der Waals surface area contributed by atoms with Crippen molar-refractivity contribution in [2.24, 2.45) is 0 Å². The Labute approximate surface area is 102 Å². The lowest BCUT2D eigenvalue weighted by Gasteiger charge is -2.06. The topological polar surface area (TPSA) is 84.0 Å². The van der Waals surface area contributed by atoms with E-state index in [2.05, 4.69) is 20.2 Å². The molecule has 96 valence electrons. The van der Waals surface area contributed by atoms with Gasteiger partial charge in [0.1, 0.15) is 0 Å². The highest BCUT2D eigenvalue weighted by atomic mass is 32.2. The Kier molecular flexibility index (Phi) is 6.03. The van der Waals surface area contributed by atoms with E-state index in [1.165, 1.54) is 0 Å². The minimum atomic E-state index is -3.24. The van der Waals surface area contributed by atoms with Crippen LogP contribution in [0.3, 0.4) is 0 Å². The largest absolute Gasteiger partial charge is 0.316 e. The van der Waals surface area contributed by atoms with E-state index in [4.69, 9.17) is 0 Å². The molecule has 17 heavy (non-hydrogen) atoms. The minimum absolute atomic E-state index is 0.0766. The van der Waals surface area contributed by atoms with Gasteiger partial charge in [0, 0.05) is 12.7 Å². The molecule has 0 radical (unpaired) electrons. The van der Waals surface area contributed by atoms with E-state index < -0.39 is 10.0 Å². The predicted molar refractivity (Wildman–Crippen MR) is 65.8 cm³/mol. The Morgan fingerprint density at radius 3 is 2.82 bits per heavy atom. The molecule has 0 saturated carbocycles. The lowest BCUT2D eigenvalue weighted by molar-refractivity contribution is 0.574. The molecule has 1 aromatic heterocycles. The fraction of sp³-hybridized carbons (Fsp3) is 0.600. The maximum atomic E-state index is 11.6. The third-order valence-electron chi connectivity index (χ3n) is 2.08. The Balaban J connectivity index is 2.30. The summed E-state index contributed by atoms with van der Waals surface area (Å²) in [5.74, 6) is 0.0766.